The highest BCUT2D eigenvalue weighted by Crippen LogP contribution is 2.30. The summed E-state index contributed by atoms with van der Waals surface area (Å²) in [7, 11) is 3.16. The first-order valence-electron chi connectivity index (χ1n) is 8.16. The summed E-state index contributed by atoms with van der Waals surface area (Å²) in [5.74, 6) is 2.02. The zero-order valence-electron chi connectivity index (χ0n) is 15.0. The number of nitrogens with zero attached hydrogens (tertiary/aromatic N) is 2. The van der Waals surface area contributed by atoms with E-state index in [1.165, 1.54) is 11.8 Å². The number of methoxy groups -OCH3 is 2. The number of hydrogen-bond donors (Lipinski definition) is 1. The molecule has 0 aliphatic heterocycles. The van der Waals surface area contributed by atoms with Gasteiger partial charge in [-0.3, -0.25) is 0 Å². The molecule has 0 amide bonds. The van der Waals surface area contributed by atoms with Gasteiger partial charge in [-0.2, -0.15) is 0 Å². The first kappa shape index (κ1) is 19.7. The molecule has 2 aromatic heterocycles. The molecule has 9 heteroatoms. The maximum atomic E-state index is 10.0. The monoisotopic (exact) mass is 408 g/mol. The smallest absolute Gasteiger partial charge is 0.276 e. The molecule has 0 fully saturated rings. The summed E-state index contributed by atoms with van der Waals surface area (Å²) in [6.45, 7) is 0.751. The molecular weight excluding hydrogens is 388 g/mol. The molecule has 27 heavy (non-hydrogen) atoms. The van der Waals surface area contributed by atoms with Crippen molar-refractivity contribution in [3.8, 4) is 23.0 Å². The van der Waals surface area contributed by atoms with Crippen molar-refractivity contribution in [1.29, 1.82) is 0 Å². The van der Waals surface area contributed by atoms with Crippen molar-refractivity contribution < 1.29 is 23.7 Å². The Bertz CT molecular complexity index is 816. The van der Waals surface area contributed by atoms with Gasteiger partial charge in [0.15, 0.2) is 0 Å². The molecule has 0 aliphatic rings. The van der Waals surface area contributed by atoms with Gasteiger partial charge in [-0.25, -0.2) is 0 Å². The summed E-state index contributed by atoms with van der Waals surface area (Å²) in [4.78, 5) is 1.13. The average molecular weight is 409 g/mol. The molecule has 0 saturated heterocycles. The highest BCUT2D eigenvalue weighted by Gasteiger charge is 2.14. The number of thioether (sulfide) groups is 1. The van der Waals surface area contributed by atoms with Crippen LogP contribution in [0.2, 0.25) is 0 Å². The van der Waals surface area contributed by atoms with Gasteiger partial charge in [0.2, 0.25) is 5.89 Å². The summed E-state index contributed by atoms with van der Waals surface area (Å²) in [6.07, 6.45) is -0.623. The lowest BCUT2D eigenvalue weighted by Gasteiger charge is -2.09. The van der Waals surface area contributed by atoms with Gasteiger partial charge < -0.3 is 23.7 Å². The number of aliphatic hydroxyl groups excluding tert-OH is 1. The van der Waals surface area contributed by atoms with E-state index in [1.54, 1.807) is 43.8 Å². The third-order valence-corrected chi connectivity index (χ3v) is 5.35. The van der Waals surface area contributed by atoms with Crippen LogP contribution < -0.4 is 9.47 Å². The van der Waals surface area contributed by atoms with Crippen LogP contribution in [-0.2, 0) is 11.3 Å². The van der Waals surface area contributed by atoms with Crippen LogP contribution in [0.3, 0.4) is 0 Å². The Morgan fingerprint density at radius 2 is 1.96 bits per heavy atom. The van der Waals surface area contributed by atoms with Crippen LogP contribution in [0.5, 0.6) is 11.5 Å². The van der Waals surface area contributed by atoms with Crippen LogP contribution in [-0.4, -0.2) is 48.0 Å². The van der Waals surface area contributed by atoms with Gasteiger partial charge in [-0.05, 0) is 23.6 Å². The Morgan fingerprint density at radius 3 is 2.63 bits per heavy atom. The predicted molar refractivity (Wildman–Crippen MR) is 104 cm³/mol. The standard InChI is InChI=1S/C18H20N2O5S2/c1-22-14-6-12(7-15(8-14)23-2)17-19-20-18(25-17)27-11-13(21)9-24-10-16-4-3-5-26-16/h3-8,13,21H,9-11H2,1-2H3/t13-/m1/s1. The fraction of sp³-hybridized carbons (Fsp3) is 0.333. The van der Waals surface area contributed by atoms with Crippen molar-refractivity contribution in [2.24, 2.45) is 0 Å². The van der Waals surface area contributed by atoms with E-state index in [1.807, 2.05) is 17.5 Å². The molecule has 0 saturated carbocycles. The van der Waals surface area contributed by atoms with E-state index in [4.69, 9.17) is 18.6 Å². The van der Waals surface area contributed by atoms with Crippen LogP contribution in [0.15, 0.2) is 45.4 Å². The maximum Gasteiger partial charge on any atom is 0.276 e. The molecule has 2 heterocycles. The van der Waals surface area contributed by atoms with Gasteiger partial charge in [-0.1, -0.05) is 17.8 Å². The fourth-order valence-electron chi connectivity index (χ4n) is 2.22. The van der Waals surface area contributed by atoms with E-state index in [2.05, 4.69) is 10.2 Å². The van der Waals surface area contributed by atoms with E-state index in [9.17, 15) is 5.11 Å². The van der Waals surface area contributed by atoms with Crippen molar-refractivity contribution in [3.05, 3.63) is 40.6 Å². The number of ether oxygens (including phenoxy) is 3. The normalized spacial score (nSPS) is 12.1. The molecule has 0 aliphatic carbocycles. The molecule has 144 valence electrons. The quantitative estimate of drug-likeness (QED) is 0.510. The van der Waals surface area contributed by atoms with Gasteiger partial charge in [0, 0.05) is 22.3 Å². The second-order valence-electron chi connectivity index (χ2n) is 5.53. The van der Waals surface area contributed by atoms with E-state index in [0.29, 0.717) is 40.5 Å². The number of thiophene rings is 1. The Kier molecular flexibility index (Phi) is 7.11. The van der Waals surface area contributed by atoms with Gasteiger partial charge in [-0.15, -0.1) is 21.5 Å². The minimum Gasteiger partial charge on any atom is -0.497 e. The Labute approximate surface area is 165 Å². The third kappa shape index (κ3) is 5.70. The molecule has 7 nitrogen and oxygen atoms in total. The van der Waals surface area contributed by atoms with E-state index in [-0.39, 0.29) is 6.61 Å². The predicted octanol–water partition coefficient (Wildman–Crippen LogP) is 3.49. The molecule has 1 aromatic carbocycles. The van der Waals surface area contributed by atoms with E-state index < -0.39 is 6.10 Å². The Balaban J connectivity index is 1.52. The van der Waals surface area contributed by atoms with Crippen molar-refractivity contribution in [2.45, 2.75) is 17.9 Å². The molecule has 0 spiro atoms. The number of benzene rings is 1. The van der Waals surface area contributed by atoms with Gasteiger partial charge >= 0.3 is 0 Å². The lowest BCUT2D eigenvalue weighted by atomic mass is 10.2. The number of aliphatic hydroxyl groups is 1. The Hall–Kier alpha value is -2.07. The lowest BCUT2D eigenvalue weighted by Crippen LogP contribution is -2.17. The summed E-state index contributed by atoms with van der Waals surface area (Å²) in [6, 6.07) is 9.32. The van der Waals surface area contributed by atoms with Crippen LogP contribution in [0.25, 0.3) is 11.5 Å². The minimum absolute atomic E-state index is 0.249. The van der Waals surface area contributed by atoms with Gasteiger partial charge in [0.25, 0.3) is 5.22 Å². The molecular formula is C18H20N2O5S2. The van der Waals surface area contributed by atoms with E-state index >= 15 is 0 Å². The van der Waals surface area contributed by atoms with E-state index in [0.717, 1.165) is 4.88 Å². The summed E-state index contributed by atoms with van der Waals surface area (Å²) in [5, 5.41) is 20.5. The topological polar surface area (TPSA) is 86.8 Å². The summed E-state index contributed by atoms with van der Waals surface area (Å²) >= 11 is 2.91. The molecule has 0 radical (unpaired) electrons. The second kappa shape index (κ2) is 9.75. The van der Waals surface area contributed by atoms with Gasteiger partial charge in [0.1, 0.15) is 11.5 Å². The van der Waals surface area contributed by atoms with Crippen LogP contribution in [0.4, 0.5) is 0 Å². The largest absolute Gasteiger partial charge is 0.497 e. The molecule has 0 unspecified atom stereocenters. The summed E-state index contributed by atoms with van der Waals surface area (Å²) in [5.41, 5.74) is 0.699. The van der Waals surface area contributed by atoms with Crippen LogP contribution in [0.1, 0.15) is 4.88 Å². The number of hydrogen-bond acceptors (Lipinski definition) is 9. The zero-order chi connectivity index (χ0) is 19.1. The molecule has 1 atom stereocenters. The molecule has 0 bridgehead atoms. The average Bonchev–Trinajstić information content (AvgIpc) is 3.38. The van der Waals surface area contributed by atoms with Crippen molar-refractivity contribution in [1.82, 2.24) is 10.2 Å². The number of aromatic nitrogens is 2. The highest BCUT2D eigenvalue weighted by molar-refractivity contribution is 7.99. The molecule has 1 N–H and O–H groups in total. The highest BCUT2D eigenvalue weighted by atomic mass is 32.2. The van der Waals surface area contributed by atoms with Crippen molar-refractivity contribution in [3.63, 3.8) is 0 Å². The Morgan fingerprint density at radius 1 is 1.19 bits per heavy atom. The second-order valence-corrected chi connectivity index (χ2v) is 7.54. The zero-order valence-corrected chi connectivity index (χ0v) is 16.6. The third-order valence-electron chi connectivity index (χ3n) is 3.54. The lowest BCUT2D eigenvalue weighted by molar-refractivity contribution is 0.0408. The fourth-order valence-corrected chi connectivity index (χ4v) is 3.53. The SMILES string of the molecule is COc1cc(OC)cc(-c2nnc(SC[C@H](O)COCc3cccs3)o2)c1. The molecule has 3 aromatic rings. The first-order valence-corrected chi connectivity index (χ1v) is 10.0. The summed E-state index contributed by atoms with van der Waals surface area (Å²) < 4.78 is 21.7. The number of rotatable bonds is 10. The van der Waals surface area contributed by atoms with Gasteiger partial charge in [0.05, 0.1) is 33.5 Å². The maximum absolute atomic E-state index is 10.0. The first-order chi connectivity index (χ1) is 13.2. The van der Waals surface area contributed by atoms with Crippen LogP contribution >= 0.6 is 23.1 Å². The minimum atomic E-state index is -0.623. The van der Waals surface area contributed by atoms with Crippen LogP contribution in [0, 0.1) is 0 Å². The van der Waals surface area contributed by atoms with Crippen molar-refractivity contribution >= 4 is 23.1 Å². The van der Waals surface area contributed by atoms with Crippen molar-refractivity contribution in [2.75, 3.05) is 26.6 Å². The molecule has 3 rings (SSSR count).